The van der Waals surface area contributed by atoms with Crippen LogP contribution in [0.15, 0.2) is 72.8 Å². The molecule has 7 heteroatoms. The van der Waals surface area contributed by atoms with Gasteiger partial charge in [-0.1, -0.05) is 42.8 Å². The Hall–Kier alpha value is -4.00. The fourth-order valence-corrected chi connectivity index (χ4v) is 3.62. The molecule has 0 saturated heterocycles. The number of benzene rings is 3. The van der Waals surface area contributed by atoms with Crippen molar-refractivity contribution in [1.29, 1.82) is 0 Å². The molecule has 0 aliphatic rings. The van der Waals surface area contributed by atoms with E-state index < -0.39 is 11.6 Å². The van der Waals surface area contributed by atoms with Crippen LogP contribution in [0.5, 0.6) is 11.6 Å². The van der Waals surface area contributed by atoms with Crippen molar-refractivity contribution in [3.63, 3.8) is 0 Å². The quantitative estimate of drug-likeness (QED) is 0.331. The zero-order valence-electron chi connectivity index (χ0n) is 19.0. The molecule has 0 atom stereocenters. The average molecular weight is 462 g/mol. The molecule has 1 heterocycles. The third-order valence-corrected chi connectivity index (χ3v) is 5.39. The van der Waals surface area contributed by atoms with Gasteiger partial charge in [-0.15, -0.1) is 0 Å². The molecule has 1 N–H and O–H groups in total. The first-order valence-corrected chi connectivity index (χ1v) is 11.1. The van der Waals surface area contributed by atoms with E-state index >= 15 is 0 Å². The molecule has 5 nitrogen and oxygen atoms in total. The molecule has 0 aliphatic heterocycles. The number of carbonyl (C=O) groups excluding carboxylic acids is 1. The van der Waals surface area contributed by atoms with Crippen LogP contribution in [0.1, 0.15) is 30.2 Å². The van der Waals surface area contributed by atoms with Gasteiger partial charge in [0.25, 0.3) is 0 Å². The van der Waals surface area contributed by atoms with Gasteiger partial charge in [0.05, 0.1) is 11.4 Å². The predicted octanol–water partition coefficient (Wildman–Crippen LogP) is 6.38. The van der Waals surface area contributed by atoms with E-state index in [2.05, 4.69) is 10.4 Å². The molecular formula is C27H25F2N3O2. The normalized spacial score (nSPS) is 10.8. The summed E-state index contributed by atoms with van der Waals surface area (Å²) < 4.78 is 35.4. The third kappa shape index (κ3) is 5.31. The predicted molar refractivity (Wildman–Crippen MR) is 128 cm³/mol. The van der Waals surface area contributed by atoms with E-state index in [1.165, 1.54) is 6.07 Å². The van der Waals surface area contributed by atoms with Crippen LogP contribution in [0.4, 0.5) is 14.5 Å². The van der Waals surface area contributed by atoms with Gasteiger partial charge in [0.1, 0.15) is 5.82 Å². The van der Waals surface area contributed by atoms with Crippen LogP contribution in [-0.4, -0.2) is 15.7 Å². The van der Waals surface area contributed by atoms with E-state index in [-0.39, 0.29) is 18.1 Å². The minimum Gasteiger partial charge on any atom is -0.436 e. The van der Waals surface area contributed by atoms with Gasteiger partial charge in [0, 0.05) is 23.7 Å². The second kappa shape index (κ2) is 10.3. The number of carbonyl (C=O) groups is 1. The zero-order valence-corrected chi connectivity index (χ0v) is 19.0. The van der Waals surface area contributed by atoms with E-state index in [1.807, 2.05) is 68.4 Å². The molecule has 0 spiro atoms. The SMILES string of the molecule is CCc1nn(-c2ccccc2)c(Oc2ccc(F)cc2F)c1CCC(=O)Nc1ccc(C)cc1. The molecule has 3 aromatic carbocycles. The monoisotopic (exact) mass is 461 g/mol. The van der Waals surface area contributed by atoms with Crippen LogP contribution in [0.3, 0.4) is 0 Å². The number of aromatic nitrogens is 2. The summed E-state index contributed by atoms with van der Waals surface area (Å²) in [6.45, 7) is 3.93. The Balaban J connectivity index is 1.65. The van der Waals surface area contributed by atoms with Gasteiger partial charge in [-0.2, -0.15) is 5.10 Å². The Morgan fingerprint density at radius 3 is 2.44 bits per heavy atom. The molecular weight excluding hydrogens is 436 g/mol. The number of hydrogen-bond donors (Lipinski definition) is 1. The summed E-state index contributed by atoms with van der Waals surface area (Å²) in [5.74, 6) is -1.48. The number of ether oxygens (including phenoxy) is 1. The molecule has 1 amide bonds. The van der Waals surface area contributed by atoms with Crippen molar-refractivity contribution in [2.24, 2.45) is 0 Å². The Kier molecular flexibility index (Phi) is 7.01. The highest BCUT2D eigenvalue weighted by Gasteiger charge is 2.22. The van der Waals surface area contributed by atoms with Crippen molar-refractivity contribution >= 4 is 11.6 Å². The fraction of sp³-hybridized carbons (Fsp3) is 0.185. The van der Waals surface area contributed by atoms with Crippen LogP contribution in [0.2, 0.25) is 0 Å². The Morgan fingerprint density at radius 1 is 1.03 bits per heavy atom. The standard InChI is InChI=1S/C27H25F2N3O2/c1-3-24-22(14-16-26(33)30-20-12-9-18(2)10-13-20)27(32(31-24)21-7-5-4-6-8-21)34-25-15-11-19(28)17-23(25)29/h4-13,15,17H,3,14,16H2,1-2H3,(H,30,33). The van der Waals surface area contributed by atoms with Crippen molar-refractivity contribution in [3.05, 3.63) is 101 Å². The number of anilines is 1. The van der Waals surface area contributed by atoms with E-state index in [0.29, 0.717) is 24.3 Å². The minimum absolute atomic E-state index is 0.119. The number of nitrogens with zero attached hydrogens (tertiary/aromatic N) is 2. The van der Waals surface area contributed by atoms with Gasteiger partial charge < -0.3 is 10.1 Å². The fourth-order valence-electron chi connectivity index (χ4n) is 3.62. The van der Waals surface area contributed by atoms with Crippen molar-refractivity contribution < 1.29 is 18.3 Å². The summed E-state index contributed by atoms with van der Waals surface area (Å²) in [6.07, 6.45) is 1.12. The Bertz CT molecular complexity index is 1290. The van der Waals surface area contributed by atoms with Crippen molar-refractivity contribution in [1.82, 2.24) is 9.78 Å². The van der Waals surface area contributed by atoms with E-state index in [4.69, 9.17) is 4.74 Å². The van der Waals surface area contributed by atoms with Crippen LogP contribution >= 0.6 is 0 Å². The lowest BCUT2D eigenvalue weighted by atomic mass is 10.1. The van der Waals surface area contributed by atoms with Gasteiger partial charge in [-0.05, 0) is 56.2 Å². The maximum absolute atomic E-state index is 14.4. The van der Waals surface area contributed by atoms with Crippen LogP contribution in [0, 0.1) is 18.6 Å². The third-order valence-electron chi connectivity index (χ3n) is 5.39. The van der Waals surface area contributed by atoms with Crippen molar-refractivity contribution in [3.8, 4) is 17.3 Å². The lowest BCUT2D eigenvalue weighted by Gasteiger charge is -2.12. The van der Waals surface area contributed by atoms with Gasteiger partial charge in [-0.3, -0.25) is 4.79 Å². The van der Waals surface area contributed by atoms with E-state index in [9.17, 15) is 13.6 Å². The first-order chi connectivity index (χ1) is 16.4. The lowest BCUT2D eigenvalue weighted by molar-refractivity contribution is -0.116. The summed E-state index contributed by atoms with van der Waals surface area (Å²) in [4.78, 5) is 12.6. The van der Waals surface area contributed by atoms with Crippen molar-refractivity contribution in [2.75, 3.05) is 5.32 Å². The van der Waals surface area contributed by atoms with Crippen LogP contribution < -0.4 is 10.1 Å². The summed E-state index contributed by atoms with van der Waals surface area (Å²) >= 11 is 0. The maximum atomic E-state index is 14.4. The molecule has 174 valence electrons. The molecule has 0 bridgehead atoms. The Morgan fingerprint density at radius 2 is 1.76 bits per heavy atom. The van der Waals surface area contributed by atoms with Crippen molar-refractivity contribution in [2.45, 2.75) is 33.1 Å². The molecule has 1 aromatic heterocycles. The van der Waals surface area contributed by atoms with Gasteiger partial charge in [0.2, 0.25) is 11.8 Å². The number of nitrogens with one attached hydrogen (secondary N) is 1. The number of halogens is 2. The molecule has 0 saturated carbocycles. The lowest BCUT2D eigenvalue weighted by Crippen LogP contribution is -2.12. The molecule has 4 rings (SSSR count). The van der Waals surface area contributed by atoms with Crippen LogP contribution in [-0.2, 0) is 17.6 Å². The molecule has 34 heavy (non-hydrogen) atoms. The number of amides is 1. The van der Waals surface area contributed by atoms with Crippen LogP contribution in [0.25, 0.3) is 5.69 Å². The Labute approximate surface area is 197 Å². The van der Waals surface area contributed by atoms with Gasteiger partial charge in [0.15, 0.2) is 11.6 Å². The largest absolute Gasteiger partial charge is 0.436 e. The first-order valence-electron chi connectivity index (χ1n) is 11.1. The highest BCUT2D eigenvalue weighted by atomic mass is 19.1. The first kappa shape index (κ1) is 23.2. The molecule has 0 unspecified atom stereocenters. The van der Waals surface area contributed by atoms with Gasteiger partial charge in [-0.25, -0.2) is 13.5 Å². The summed E-state index contributed by atoms with van der Waals surface area (Å²) in [5.41, 5.74) is 3.99. The van der Waals surface area contributed by atoms with E-state index in [1.54, 1.807) is 4.68 Å². The summed E-state index contributed by atoms with van der Waals surface area (Å²) in [5, 5.41) is 7.57. The second-order valence-electron chi connectivity index (χ2n) is 7.92. The molecule has 0 radical (unpaired) electrons. The highest BCUT2D eigenvalue weighted by Crippen LogP contribution is 2.33. The topological polar surface area (TPSA) is 56.2 Å². The average Bonchev–Trinajstić information content (AvgIpc) is 3.19. The van der Waals surface area contributed by atoms with Gasteiger partial charge >= 0.3 is 0 Å². The summed E-state index contributed by atoms with van der Waals surface area (Å²) in [6, 6.07) is 20.0. The molecule has 4 aromatic rings. The maximum Gasteiger partial charge on any atom is 0.226 e. The number of para-hydroxylation sites is 1. The van der Waals surface area contributed by atoms with E-state index in [0.717, 1.165) is 34.8 Å². The second-order valence-corrected chi connectivity index (χ2v) is 7.92. The minimum atomic E-state index is -0.818. The molecule has 0 aliphatic carbocycles. The highest BCUT2D eigenvalue weighted by molar-refractivity contribution is 5.90. The number of aryl methyl sites for hydroxylation is 2. The number of rotatable bonds is 8. The number of hydrogen-bond acceptors (Lipinski definition) is 3. The zero-order chi connectivity index (χ0) is 24.1. The molecule has 0 fully saturated rings. The summed E-state index contributed by atoms with van der Waals surface area (Å²) in [7, 11) is 0. The smallest absolute Gasteiger partial charge is 0.226 e.